The van der Waals surface area contributed by atoms with Crippen LogP contribution in [0.3, 0.4) is 0 Å². The molecule has 1 aliphatic heterocycles. The van der Waals surface area contributed by atoms with Crippen LogP contribution in [-0.2, 0) is 0 Å². The van der Waals surface area contributed by atoms with E-state index in [1.165, 1.54) is 0 Å². The van der Waals surface area contributed by atoms with Gasteiger partial charge in [0.1, 0.15) is 17.6 Å². The molecule has 5 nitrogen and oxygen atoms in total. The molecule has 0 saturated carbocycles. The normalized spacial score (nSPS) is 17.9. The minimum absolute atomic E-state index is 0.157. The van der Waals surface area contributed by atoms with E-state index in [2.05, 4.69) is 27.3 Å². The van der Waals surface area contributed by atoms with Crippen molar-refractivity contribution in [2.75, 3.05) is 12.0 Å². The predicted molar refractivity (Wildman–Crippen MR) is 130 cm³/mol. The first-order valence-corrected chi connectivity index (χ1v) is 11.4. The van der Waals surface area contributed by atoms with Crippen LogP contribution >= 0.6 is 24.0 Å². The topological polar surface area (TPSA) is 50.5 Å². The summed E-state index contributed by atoms with van der Waals surface area (Å²) < 4.78 is 11.8. The Kier molecular flexibility index (Phi) is 5.83. The summed E-state index contributed by atoms with van der Waals surface area (Å²) in [6.07, 6.45) is 1.80. The quantitative estimate of drug-likeness (QED) is 0.354. The Morgan fingerprint density at radius 2 is 1.84 bits per heavy atom. The van der Waals surface area contributed by atoms with Gasteiger partial charge in [0, 0.05) is 22.8 Å². The third-order valence-electron chi connectivity index (χ3n) is 5.28. The van der Waals surface area contributed by atoms with Crippen molar-refractivity contribution in [2.45, 2.75) is 22.1 Å². The molecule has 4 aromatic rings. The van der Waals surface area contributed by atoms with Gasteiger partial charge in [-0.3, -0.25) is 4.98 Å². The molecule has 2 atom stereocenters. The molecule has 3 heterocycles. The standard InChI is InChI=1S/C25H21N3O2S2/c1-29-18-9-7-8-17(16-18)28-24(23(27-25(28)31)20-12-5-6-15-26-20)21-13-14-22(30-21)32-19-10-3-2-4-11-19/h2-16,23-24H,1H3,(H,27,31)/t23-,24+/m1/s1. The maximum absolute atomic E-state index is 6.34. The number of ether oxygens (including phenoxy) is 1. The molecule has 1 N–H and O–H groups in total. The van der Waals surface area contributed by atoms with Crippen molar-refractivity contribution in [1.29, 1.82) is 0 Å². The van der Waals surface area contributed by atoms with E-state index in [0.29, 0.717) is 5.11 Å². The third kappa shape index (κ3) is 4.09. The van der Waals surface area contributed by atoms with Crippen molar-refractivity contribution in [3.05, 3.63) is 103 Å². The second-order valence-corrected chi connectivity index (χ2v) is 8.73. The van der Waals surface area contributed by atoms with Gasteiger partial charge in [-0.25, -0.2) is 0 Å². The molecule has 7 heteroatoms. The first-order valence-electron chi connectivity index (χ1n) is 10.2. The van der Waals surface area contributed by atoms with Gasteiger partial charge in [0.25, 0.3) is 0 Å². The smallest absolute Gasteiger partial charge is 0.174 e. The number of methoxy groups -OCH3 is 1. The number of nitrogens with zero attached hydrogens (tertiary/aromatic N) is 2. The van der Waals surface area contributed by atoms with E-state index >= 15 is 0 Å². The van der Waals surface area contributed by atoms with Crippen LogP contribution in [0, 0.1) is 0 Å². The van der Waals surface area contributed by atoms with Crippen LogP contribution in [0.2, 0.25) is 0 Å². The fraction of sp³-hybridized carbons (Fsp3) is 0.120. The zero-order chi connectivity index (χ0) is 21.9. The average Bonchev–Trinajstić information content (AvgIpc) is 3.44. The molecule has 0 spiro atoms. The second-order valence-electron chi connectivity index (χ2n) is 7.27. The van der Waals surface area contributed by atoms with Crippen molar-refractivity contribution in [3.8, 4) is 5.75 Å². The zero-order valence-electron chi connectivity index (χ0n) is 17.3. The number of benzene rings is 2. The Labute approximate surface area is 196 Å². The van der Waals surface area contributed by atoms with Crippen molar-refractivity contribution in [3.63, 3.8) is 0 Å². The second kappa shape index (κ2) is 9.06. The van der Waals surface area contributed by atoms with Crippen LogP contribution in [0.1, 0.15) is 23.5 Å². The summed E-state index contributed by atoms with van der Waals surface area (Å²) in [6, 6.07) is 27.6. The zero-order valence-corrected chi connectivity index (χ0v) is 19.0. The lowest BCUT2D eigenvalue weighted by atomic mass is 10.0. The van der Waals surface area contributed by atoms with Crippen molar-refractivity contribution in [1.82, 2.24) is 10.3 Å². The summed E-state index contributed by atoms with van der Waals surface area (Å²) >= 11 is 7.36. The number of hydrogen-bond donors (Lipinski definition) is 1. The van der Waals surface area contributed by atoms with Crippen LogP contribution in [0.4, 0.5) is 5.69 Å². The monoisotopic (exact) mass is 459 g/mol. The molecule has 0 aliphatic carbocycles. The summed E-state index contributed by atoms with van der Waals surface area (Å²) in [5.74, 6) is 1.58. The Bertz CT molecular complexity index is 1210. The van der Waals surface area contributed by atoms with E-state index in [-0.39, 0.29) is 12.1 Å². The van der Waals surface area contributed by atoms with E-state index < -0.39 is 0 Å². The maximum atomic E-state index is 6.34. The molecule has 0 radical (unpaired) electrons. The first kappa shape index (κ1) is 20.6. The van der Waals surface area contributed by atoms with Gasteiger partial charge in [0.2, 0.25) is 0 Å². The molecule has 1 aliphatic rings. The number of hydrogen-bond acceptors (Lipinski definition) is 5. The molecule has 32 heavy (non-hydrogen) atoms. The fourth-order valence-corrected chi connectivity index (χ4v) is 4.98. The van der Waals surface area contributed by atoms with Gasteiger partial charge in [0.05, 0.1) is 18.8 Å². The van der Waals surface area contributed by atoms with Crippen LogP contribution in [0.5, 0.6) is 5.75 Å². The SMILES string of the molecule is COc1cccc(N2C(=S)N[C@H](c3ccccn3)[C@@H]2c2ccc(Sc3ccccc3)o2)c1. The number of rotatable bonds is 6. The largest absolute Gasteiger partial charge is 0.497 e. The van der Waals surface area contributed by atoms with Gasteiger partial charge in [0.15, 0.2) is 10.2 Å². The average molecular weight is 460 g/mol. The number of aromatic nitrogens is 1. The number of thiocarbonyl (C=S) groups is 1. The Hall–Kier alpha value is -3.29. The highest BCUT2D eigenvalue weighted by Gasteiger charge is 2.42. The summed E-state index contributed by atoms with van der Waals surface area (Å²) in [5, 5.41) is 4.90. The third-order valence-corrected chi connectivity index (χ3v) is 6.53. The van der Waals surface area contributed by atoms with Gasteiger partial charge in [-0.05, 0) is 60.7 Å². The van der Waals surface area contributed by atoms with Gasteiger partial charge >= 0.3 is 0 Å². The molecule has 160 valence electrons. The van der Waals surface area contributed by atoms with Gasteiger partial charge in [-0.15, -0.1) is 0 Å². The highest BCUT2D eigenvalue weighted by Crippen LogP contribution is 2.43. The maximum Gasteiger partial charge on any atom is 0.174 e. The Morgan fingerprint density at radius 3 is 2.62 bits per heavy atom. The molecule has 1 saturated heterocycles. The lowest BCUT2D eigenvalue weighted by Crippen LogP contribution is -2.29. The van der Waals surface area contributed by atoms with Crippen molar-refractivity contribution < 1.29 is 9.15 Å². The van der Waals surface area contributed by atoms with Gasteiger partial charge in [-0.2, -0.15) is 0 Å². The lowest BCUT2D eigenvalue weighted by Gasteiger charge is -2.26. The van der Waals surface area contributed by atoms with Crippen LogP contribution in [0.15, 0.2) is 106 Å². The summed E-state index contributed by atoms with van der Waals surface area (Å²) in [6.45, 7) is 0. The van der Waals surface area contributed by atoms with Crippen LogP contribution in [0.25, 0.3) is 0 Å². The van der Waals surface area contributed by atoms with Crippen LogP contribution < -0.4 is 15.0 Å². The van der Waals surface area contributed by atoms with Crippen molar-refractivity contribution in [2.24, 2.45) is 0 Å². The fourth-order valence-electron chi connectivity index (χ4n) is 3.84. The van der Waals surface area contributed by atoms with E-state index in [0.717, 1.165) is 32.9 Å². The number of anilines is 1. The molecule has 1 fully saturated rings. The van der Waals surface area contributed by atoms with Gasteiger partial charge in [-0.1, -0.05) is 42.1 Å². The van der Waals surface area contributed by atoms with Crippen molar-refractivity contribution >= 4 is 34.8 Å². The molecular formula is C25H21N3O2S2. The highest BCUT2D eigenvalue weighted by atomic mass is 32.2. The number of nitrogens with one attached hydrogen (secondary N) is 1. The Balaban J connectivity index is 1.54. The van der Waals surface area contributed by atoms with Gasteiger partial charge < -0.3 is 19.4 Å². The van der Waals surface area contributed by atoms with E-state index in [4.69, 9.17) is 21.4 Å². The lowest BCUT2D eigenvalue weighted by molar-refractivity contribution is 0.383. The Morgan fingerprint density at radius 1 is 1.00 bits per heavy atom. The first-order chi connectivity index (χ1) is 15.7. The number of furan rings is 1. The predicted octanol–water partition coefficient (Wildman–Crippen LogP) is 6.01. The summed E-state index contributed by atoms with van der Waals surface area (Å²) in [4.78, 5) is 7.79. The minimum Gasteiger partial charge on any atom is -0.497 e. The molecule has 5 rings (SSSR count). The summed E-state index contributed by atoms with van der Waals surface area (Å²) in [7, 11) is 1.66. The molecule has 0 unspecified atom stereocenters. The molecule has 2 aromatic carbocycles. The van der Waals surface area contributed by atoms with Crippen LogP contribution in [-0.4, -0.2) is 17.2 Å². The minimum atomic E-state index is -0.199. The van der Waals surface area contributed by atoms with E-state index in [1.807, 2.05) is 72.8 Å². The molecule has 0 amide bonds. The summed E-state index contributed by atoms with van der Waals surface area (Å²) in [5.41, 5.74) is 1.83. The number of pyridine rings is 1. The molecule has 2 aromatic heterocycles. The molecular weight excluding hydrogens is 438 g/mol. The molecule has 0 bridgehead atoms. The van der Waals surface area contributed by atoms with E-state index in [9.17, 15) is 0 Å². The highest BCUT2D eigenvalue weighted by molar-refractivity contribution is 7.99. The van der Waals surface area contributed by atoms with E-state index in [1.54, 1.807) is 25.1 Å².